The van der Waals surface area contributed by atoms with E-state index in [9.17, 15) is 34.7 Å². The van der Waals surface area contributed by atoms with Crippen LogP contribution in [0.25, 0.3) is 0 Å². The SMILES string of the molecule is CN(C)c1nc(Nc2cc(S(=O)(=O)O)ccc2S(=O)(=O)O)nc(NC2CCCC(NS(=O)[O-])C2)n1. The number of benzene rings is 1. The van der Waals surface area contributed by atoms with Crippen LogP contribution in [0.15, 0.2) is 28.0 Å². The van der Waals surface area contributed by atoms with E-state index < -0.39 is 47.0 Å². The van der Waals surface area contributed by atoms with Gasteiger partial charge in [0.05, 0.1) is 10.6 Å². The zero-order valence-electron chi connectivity index (χ0n) is 18.6. The summed E-state index contributed by atoms with van der Waals surface area (Å²) in [6, 6.07) is 2.01. The molecule has 3 rings (SSSR count). The average molecular weight is 551 g/mol. The Morgan fingerprint density at radius 1 is 1.03 bits per heavy atom. The molecule has 2 aromatic rings. The van der Waals surface area contributed by atoms with Crippen molar-refractivity contribution < 1.29 is 34.7 Å². The lowest BCUT2D eigenvalue weighted by Crippen LogP contribution is -2.39. The maximum atomic E-state index is 11.8. The molecule has 1 aliphatic rings. The number of hydrogen-bond acceptors (Lipinski definition) is 12. The maximum absolute atomic E-state index is 11.8. The van der Waals surface area contributed by atoms with Crippen molar-refractivity contribution in [2.24, 2.45) is 0 Å². The first-order valence-corrected chi connectivity index (χ1v) is 14.1. The summed E-state index contributed by atoms with van der Waals surface area (Å²) in [5.41, 5.74) is -0.399. The van der Waals surface area contributed by atoms with Crippen LogP contribution in [-0.4, -0.2) is 75.8 Å². The zero-order chi connectivity index (χ0) is 26.0. The minimum atomic E-state index is -4.78. The van der Waals surface area contributed by atoms with Gasteiger partial charge in [0.15, 0.2) is 0 Å². The Kier molecular flexibility index (Phi) is 8.25. The van der Waals surface area contributed by atoms with E-state index in [4.69, 9.17) is 0 Å². The van der Waals surface area contributed by atoms with E-state index in [1.54, 1.807) is 19.0 Å². The molecule has 3 unspecified atom stereocenters. The predicted octanol–water partition coefficient (Wildman–Crippen LogP) is 0.281. The van der Waals surface area contributed by atoms with E-state index in [0.29, 0.717) is 12.8 Å². The molecule has 1 saturated carbocycles. The third-order valence-corrected chi connectivity index (χ3v) is 7.35. The normalized spacial score (nSPS) is 19.7. The predicted molar refractivity (Wildman–Crippen MR) is 125 cm³/mol. The largest absolute Gasteiger partial charge is 0.760 e. The molecule has 3 atom stereocenters. The van der Waals surface area contributed by atoms with Gasteiger partial charge in [-0.05, 0) is 43.9 Å². The Balaban J connectivity index is 1.95. The summed E-state index contributed by atoms with van der Waals surface area (Å²) in [5.74, 6) is 0.0738. The van der Waals surface area contributed by atoms with Crippen molar-refractivity contribution in [1.82, 2.24) is 19.7 Å². The molecule has 0 amide bonds. The highest BCUT2D eigenvalue weighted by molar-refractivity contribution is 7.86. The molecule has 0 radical (unpaired) electrons. The van der Waals surface area contributed by atoms with Crippen LogP contribution in [0, 0.1) is 0 Å². The maximum Gasteiger partial charge on any atom is 0.296 e. The van der Waals surface area contributed by atoms with Gasteiger partial charge in [-0.15, -0.1) is 0 Å². The van der Waals surface area contributed by atoms with Gasteiger partial charge in [0, 0.05) is 37.4 Å². The van der Waals surface area contributed by atoms with Gasteiger partial charge in [-0.3, -0.25) is 13.3 Å². The first kappa shape index (κ1) is 27.1. The van der Waals surface area contributed by atoms with Crippen LogP contribution in [0.3, 0.4) is 0 Å². The van der Waals surface area contributed by atoms with Crippen LogP contribution in [0.4, 0.5) is 23.5 Å². The van der Waals surface area contributed by atoms with Crippen molar-refractivity contribution in [2.75, 3.05) is 29.6 Å². The smallest absolute Gasteiger partial charge is 0.296 e. The fourth-order valence-electron chi connectivity index (χ4n) is 3.54. The molecule has 0 aliphatic heterocycles. The minimum absolute atomic E-state index is 0.0967. The number of nitrogens with one attached hydrogen (secondary N) is 3. The van der Waals surface area contributed by atoms with Crippen LogP contribution in [0.1, 0.15) is 25.7 Å². The van der Waals surface area contributed by atoms with Crippen molar-refractivity contribution in [1.29, 1.82) is 0 Å². The second kappa shape index (κ2) is 10.6. The number of nitrogens with zero attached hydrogens (tertiary/aromatic N) is 4. The van der Waals surface area contributed by atoms with Crippen LogP contribution >= 0.6 is 0 Å². The van der Waals surface area contributed by atoms with Gasteiger partial charge in [-0.25, -0.2) is 4.72 Å². The second-order valence-corrected chi connectivity index (χ2v) is 11.5. The number of rotatable bonds is 9. The minimum Gasteiger partial charge on any atom is -0.760 e. The van der Waals surface area contributed by atoms with Gasteiger partial charge >= 0.3 is 0 Å². The fourth-order valence-corrected chi connectivity index (χ4v) is 5.17. The Bertz CT molecular complexity index is 1320. The van der Waals surface area contributed by atoms with Crippen LogP contribution in [0.5, 0.6) is 0 Å². The standard InChI is InChI=1S/C17H25N7O8S3/c1-24(2)17-21-15(18-10-4-3-5-11(8-10)23-33(25)26)20-16(22-17)19-13-9-12(34(27,28)29)6-7-14(13)35(30,31)32/h6-7,9-11,23H,3-5,8H2,1-2H3,(H,25,26)(H,27,28,29)(H,30,31,32)(H2,18,19,20,21,22)/p-1. The van der Waals surface area contributed by atoms with Gasteiger partial charge in [-0.2, -0.15) is 31.8 Å². The molecule has 1 aliphatic carbocycles. The first-order chi connectivity index (χ1) is 16.2. The summed E-state index contributed by atoms with van der Waals surface area (Å²) >= 11 is -2.39. The summed E-state index contributed by atoms with van der Waals surface area (Å²) in [4.78, 5) is 12.9. The van der Waals surface area contributed by atoms with E-state index in [1.807, 2.05) is 0 Å². The Morgan fingerprint density at radius 3 is 2.29 bits per heavy atom. The second-order valence-electron chi connectivity index (χ2n) is 7.97. The molecule has 1 fully saturated rings. The van der Waals surface area contributed by atoms with Crippen molar-refractivity contribution >= 4 is 55.0 Å². The lowest BCUT2D eigenvalue weighted by molar-refractivity contribution is 0.380. The highest BCUT2D eigenvalue weighted by Gasteiger charge is 2.24. The molecular weight excluding hydrogens is 526 g/mol. The van der Waals surface area contributed by atoms with Gasteiger partial charge in [-0.1, -0.05) is 0 Å². The molecule has 0 bridgehead atoms. The van der Waals surface area contributed by atoms with Crippen molar-refractivity contribution in [3.8, 4) is 0 Å². The lowest BCUT2D eigenvalue weighted by Gasteiger charge is -2.31. The quantitative estimate of drug-likeness (QED) is 0.209. The first-order valence-electron chi connectivity index (χ1n) is 10.1. The summed E-state index contributed by atoms with van der Waals surface area (Å²) in [5, 5.41) is 5.67. The Hall–Kier alpha value is -2.48. The molecule has 1 heterocycles. The third-order valence-electron chi connectivity index (χ3n) is 5.07. The summed E-state index contributed by atoms with van der Waals surface area (Å²) in [6.07, 6.45) is 2.63. The lowest BCUT2D eigenvalue weighted by atomic mass is 9.92. The topological polar surface area (TPSA) is 227 Å². The van der Waals surface area contributed by atoms with Crippen molar-refractivity contribution in [3.63, 3.8) is 0 Å². The monoisotopic (exact) mass is 550 g/mol. The Labute approximate surface area is 204 Å². The molecule has 5 N–H and O–H groups in total. The van der Waals surface area contributed by atoms with Crippen LogP contribution < -0.4 is 20.3 Å². The fraction of sp³-hybridized carbons (Fsp3) is 0.471. The summed E-state index contributed by atoms with van der Waals surface area (Å²) in [7, 11) is -6.17. The van der Waals surface area contributed by atoms with E-state index >= 15 is 0 Å². The van der Waals surface area contributed by atoms with Crippen molar-refractivity contribution in [2.45, 2.75) is 47.6 Å². The molecule has 15 nitrogen and oxygen atoms in total. The number of aromatic nitrogens is 3. The van der Waals surface area contributed by atoms with Crippen LogP contribution in [0.2, 0.25) is 0 Å². The van der Waals surface area contributed by atoms with Gasteiger partial charge in [0.2, 0.25) is 17.8 Å². The number of hydrogen-bond donors (Lipinski definition) is 5. The number of anilines is 4. The average Bonchev–Trinajstić information content (AvgIpc) is 2.72. The van der Waals surface area contributed by atoms with E-state index in [-0.39, 0.29) is 29.9 Å². The van der Waals surface area contributed by atoms with E-state index in [0.717, 1.165) is 31.0 Å². The zero-order valence-corrected chi connectivity index (χ0v) is 21.0. The highest BCUT2D eigenvalue weighted by Crippen LogP contribution is 2.28. The van der Waals surface area contributed by atoms with E-state index in [1.165, 1.54) is 0 Å². The van der Waals surface area contributed by atoms with Crippen LogP contribution in [-0.2, 0) is 31.5 Å². The Morgan fingerprint density at radius 2 is 1.69 bits per heavy atom. The van der Waals surface area contributed by atoms with E-state index in [2.05, 4.69) is 30.3 Å². The molecule has 18 heteroatoms. The molecule has 35 heavy (non-hydrogen) atoms. The third kappa shape index (κ3) is 7.50. The molecule has 194 valence electrons. The molecule has 0 saturated heterocycles. The van der Waals surface area contributed by atoms with Gasteiger partial charge in [0.25, 0.3) is 20.2 Å². The summed E-state index contributed by atoms with van der Waals surface area (Å²) in [6.45, 7) is 0. The van der Waals surface area contributed by atoms with Gasteiger partial charge in [0.1, 0.15) is 4.90 Å². The van der Waals surface area contributed by atoms with Crippen molar-refractivity contribution in [3.05, 3.63) is 18.2 Å². The molecule has 1 aromatic carbocycles. The van der Waals surface area contributed by atoms with Gasteiger partial charge < -0.3 is 20.1 Å². The molecular formula is C17H24N7O8S3-. The summed E-state index contributed by atoms with van der Waals surface area (Å²) < 4.78 is 89.9. The molecule has 1 aromatic heterocycles. The highest BCUT2D eigenvalue weighted by atomic mass is 32.2. The molecule has 0 spiro atoms.